The SMILES string of the molecule is O=C(c1cccc(F)c1)N1CCC2(C1)NCc1ccccc1NC2=NC1CCCC1. The highest BCUT2D eigenvalue weighted by molar-refractivity contribution is 6.05. The summed E-state index contributed by atoms with van der Waals surface area (Å²) >= 11 is 0. The van der Waals surface area contributed by atoms with E-state index in [0.717, 1.165) is 37.3 Å². The minimum atomic E-state index is -0.412. The Balaban J connectivity index is 1.45. The molecule has 1 saturated heterocycles. The number of anilines is 1. The van der Waals surface area contributed by atoms with Crippen molar-refractivity contribution in [3.8, 4) is 0 Å². The summed E-state index contributed by atoms with van der Waals surface area (Å²) in [5, 5.41) is 7.34. The molecule has 2 aromatic carbocycles. The number of amidine groups is 1. The van der Waals surface area contributed by atoms with Gasteiger partial charge in [-0.3, -0.25) is 15.1 Å². The zero-order valence-corrected chi connectivity index (χ0v) is 17.0. The number of benzene rings is 2. The maximum absolute atomic E-state index is 13.6. The van der Waals surface area contributed by atoms with Crippen molar-refractivity contribution in [1.29, 1.82) is 0 Å². The van der Waals surface area contributed by atoms with Crippen LogP contribution in [0.3, 0.4) is 0 Å². The minimum absolute atomic E-state index is 0.129. The Morgan fingerprint density at radius 3 is 2.80 bits per heavy atom. The van der Waals surface area contributed by atoms with Crippen molar-refractivity contribution in [3.05, 3.63) is 65.5 Å². The monoisotopic (exact) mass is 406 g/mol. The summed E-state index contributed by atoms with van der Waals surface area (Å²) in [6.07, 6.45) is 5.47. The number of para-hydroxylation sites is 1. The Labute approximate surface area is 176 Å². The van der Waals surface area contributed by atoms with Gasteiger partial charge in [0, 0.05) is 30.9 Å². The number of fused-ring (bicyclic) bond motifs is 1. The smallest absolute Gasteiger partial charge is 0.254 e. The van der Waals surface area contributed by atoms with Gasteiger partial charge in [0.2, 0.25) is 0 Å². The van der Waals surface area contributed by atoms with Gasteiger partial charge in [0.15, 0.2) is 0 Å². The van der Waals surface area contributed by atoms with E-state index in [0.29, 0.717) is 24.7 Å². The number of likely N-dealkylation sites (tertiary alicyclic amines) is 1. The van der Waals surface area contributed by atoms with Gasteiger partial charge in [-0.2, -0.15) is 0 Å². The molecule has 1 unspecified atom stereocenters. The number of carbonyl (C=O) groups excluding carboxylic acids is 1. The lowest BCUT2D eigenvalue weighted by Crippen LogP contribution is -2.55. The lowest BCUT2D eigenvalue weighted by atomic mass is 9.96. The van der Waals surface area contributed by atoms with Crippen LogP contribution in [0.25, 0.3) is 0 Å². The second-order valence-corrected chi connectivity index (χ2v) is 8.62. The van der Waals surface area contributed by atoms with Gasteiger partial charge in [-0.15, -0.1) is 0 Å². The molecule has 1 aliphatic carbocycles. The summed E-state index contributed by atoms with van der Waals surface area (Å²) in [6, 6.07) is 14.6. The van der Waals surface area contributed by atoms with E-state index in [9.17, 15) is 9.18 Å². The molecule has 0 radical (unpaired) electrons. The van der Waals surface area contributed by atoms with Crippen molar-refractivity contribution in [3.63, 3.8) is 0 Å². The number of amides is 1. The molecule has 1 saturated carbocycles. The standard InChI is InChI=1S/C24H27FN4O/c25-19-8-5-7-17(14-19)22(30)29-13-12-24(16-29)23(27-20-9-2-3-10-20)28-21-11-4-1-6-18(21)15-26-24/h1,4-8,11,14,20,26H,2-3,9-10,12-13,15-16H2,(H,27,28). The van der Waals surface area contributed by atoms with Crippen LogP contribution in [0.1, 0.15) is 48.0 Å². The first kappa shape index (κ1) is 19.2. The van der Waals surface area contributed by atoms with E-state index in [1.54, 1.807) is 12.1 Å². The average molecular weight is 407 g/mol. The summed E-state index contributed by atoms with van der Waals surface area (Å²) in [4.78, 5) is 20.0. The number of aliphatic imine (C=N–C) groups is 1. The van der Waals surface area contributed by atoms with Gasteiger partial charge in [-0.25, -0.2) is 4.39 Å². The highest BCUT2D eigenvalue weighted by Gasteiger charge is 2.45. The zero-order chi connectivity index (χ0) is 20.6. The molecule has 2 heterocycles. The summed E-state index contributed by atoms with van der Waals surface area (Å²) in [5.74, 6) is 0.423. The lowest BCUT2D eigenvalue weighted by molar-refractivity contribution is 0.0785. The molecule has 5 rings (SSSR count). The fourth-order valence-electron chi connectivity index (χ4n) is 4.89. The van der Waals surface area contributed by atoms with Crippen LogP contribution in [-0.4, -0.2) is 41.3 Å². The maximum atomic E-state index is 13.6. The van der Waals surface area contributed by atoms with E-state index in [4.69, 9.17) is 4.99 Å². The highest BCUT2D eigenvalue weighted by Crippen LogP contribution is 2.32. The number of carbonyl (C=O) groups is 1. The van der Waals surface area contributed by atoms with Crippen LogP contribution in [0.2, 0.25) is 0 Å². The van der Waals surface area contributed by atoms with Crippen molar-refractivity contribution in [2.45, 2.75) is 50.2 Å². The molecule has 1 spiro atoms. The van der Waals surface area contributed by atoms with E-state index in [1.165, 1.54) is 30.5 Å². The Hall–Kier alpha value is -2.73. The molecule has 5 nitrogen and oxygen atoms in total. The van der Waals surface area contributed by atoms with Gasteiger partial charge in [0.05, 0.1) is 11.6 Å². The van der Waals surface area contributed by atoms with E-state index < -0.39 is 5.54 Å². The van der Waals surface area contributed by atoms with Gasteiger partial charge in [0.1, 0.15) is 11.7 Å². The summed E-state index contributed by atoms with van der Waals surface area (Å²) in [7, 11) is 0. The molecular formula is C24H27FN4O. The Bertz CT molecular complexity index is 985. The molecule has 0 aromatic heterocycles. The average Bonchev–Trinajstić information content (AvgIpc) is 3.39. The number of nitrogens with zero attached hydrogens (tertiary/aromatic N) is 2. The fraction of sp³-hybridized carbons (Fsp3) is 0.417. The predicted molar refractivity (Wildman–Crippen MR) is 116 cm³/mol. The molecule has 2 N–H and O–H groups in total. The summed E-state index contributed by atoms with van der Waals surface area (Å²) in [6.45, 7) is 1.85. The van der Waals surface area contributed by atoms with Crippen LogP contribution in [-0.2, 0) is 6.54 Å². The van der Waals surface area contributed by atoms with Gasteiger partial charge in [-0.1, -0.05) is 37.1 Å². The molecule has 2 fully saturated rings. The van der Waals surface area contributed by atoms with Crippen LogP contribution in [0.4, 0.5) is 10.1 Å². The second-order valence-electron chi connectivity index (χ2n) is 8.62. The predicted octanol–water partition coefficient (Wildman–Crippen LogP) is 3.97. The number of hydrogen-bond donors (Lipinski definition) is 2. The van der Waals surface area contributed by atoms with Gasteiger partial charge in [-0.05, 0) is 49.1 Å². The van der Waals surface area contributed by atoms with Crippen molar-refractivity contribution in [1.82, 2.24) is 10.2 Å². The molecular weight excluding hydrogens is 379 g/mol. The zero-order valence-electron chi connectivity index (χ0n) is 17.0. The van der Waals surface area contributed by atoms with Crippen LogP contribution >= 0.6 is 0 Å². The van der Waals surface area contributed by atoms with Gasteiger partial charge < -0.3 is 10.2 Å². The molecule has 0 bridgehead atoms. The fourth-order valence-corrected chi connectivity index (χ4v) is 4.89. The molecule has 1 atom stereocenters. The van der Waals surface area contributed by atoms with Gasteiger partial charge in [0.25, 0.3) is 5.91 Å². The molecule has 156 valence electrons. The van der Waals surface area contributed by atoms with Crippen molar-refractivity contribution < 1.29 is 9.18 Å². The first-order valence-corrected chi connectivity index (χ1v) is 10.9. The van der Waals surface area contributed by atoms with Gasteiger partial charge >= 0.3 is 0 Å². The molecule has 3 aliphatic rings. The van der Waals surface area contributed by atoms with E-state index in [-0.39, 0.29) is 11.7 Å². The number of hydrogen-bond acceptors (Lipinski definition) is 3. The van der Waals surface area contributed by atoms with Crippen molar-refractivity contribution >= 4 is 17.4 Å². The normalized spacial score (nSPS) is 25.4. The third kappa shape index (κ3) is 3.60. The van der Waals surface area contributed by atoms with E-state index in [1.807, 2.05) is 17.0 Å². The van der Waals surface area contributed by atoms with Crippen LogP contribution in [0.15, 0.2) is 53.5 Å². The largest absolute Gasteiger partial charge is 0.342 e. The van der Waals surface area contributed by atoms with Crippen LogP contribution in [0.5, 0.6) is 0 Å². The van der Waals surface area contributed by atoms with E-state index in [2.05, 4.69) is 22.8 Å². The number of halogens is 1. The topological polar surface area (TPSA) is 56.7 Å². The van der Waals surface area contributed by atoms with E-state index >= 15 is 0 Å². The Kier molecular flexibility index (Phi) is 5.03. The number of nitrogens with one attached hydrogen (secondary N) is 2. The maximum Gasteiger partial charge on any atom is 0.254 e. The second kappa shape index (κ2) is 7.84. The van der Waals surface area contributed by atoms with Crippen LogP contribution < -0.4 is 10.6 Å². The van der Waals surface area contributed by atoms with Crippen molar-refractivity contribution in [2.75, 3.05) is 18.4 Å². The third-order valence-corrected chi connectivity index (χ3v) is 6.61. The quantitative estimate of drug-likeness (QED) is 0.794. The van der Waals surface area contributed by atoms with Crippen molar-refractivity contribution in [2.24, 2.45) is 4.99 Å². The summed E-state index contributed by atoms with van der Waals surface area (Å²) < 4.78 is 13.6. The Morgan fingerprint density at radius 1 is 1.13 bits per heavy atom. The highest BCUT2D eigenvalue weighted by atomic mass is 19.1. The number of rotatable bonds is 2. The molecule has 2 aromatic rings. The molecule has 2 aliphatic heterocycles. The molecule has 30 heavy (non-hydrogen) atoms. The minimum Gasteiger partial charge on any atom is -0.342 e. The first-order valence-electron chi connectivity index (χ1n) is 10.9. The molecule has 6 heteroatoms. The summed E-state index contributed by atoms with van der Waals surface area (Å²) in [5.41, 5.74) is 2.26. The first-order chi connectivity index (χ1) is 14.6. The lowest BCUT2D eigenvalue weighted by Gasteiger charge is -2.31. The Morgan fingerprint density at radius 2 is 1.97 bits per heavy atom. The third-order valence-electron chi connectivity index (χ3n) is 6.61. The van der Waals surface area contributed by atoms with Crippen LogP contribution in [0, 0.1) is 5.82 Å². The molecule has 1 amide bonds.